The lowest BCUT2D eigenvalue weighted by Crippen LogP contribution is -1.99. The summed E-state index contributed by atoms with van der Waals surface area (Å²) in [4.78, 5) is 0. The molecule has 0 heterocycles. The summed E-state index contributed by atoms with van der Waals surface area (Å²) in [7, 11) is 1.83. The van der Waals surface area contributed by atoms with Gasteiger partial charge in [-0.15, -0.1) is 0 Å². The topological polar surface area (TPSA) is 38.0 Å². The standard InChI is InChI=1S/C7H7BrClIN2/c1-12-7-4(10)2-3(9)5(8)6(7)11/h2,12H,11H2,1H3. The first kappa shape index (κ1) is 10.4. The number of hydrogen-bond acceptors (Lipinski definition) is 2. The molecule has 2 nitrogen and oxygen atoms in total. The van der Waals surface area contributed by atoms with Crippen LogP contribution in [0.3, 0.4) is 0 Å². The first-order valence-electron chi connectivity index (χ1n) is 3.18. The lowest BCUT2D eigenvalue weighted by atomic mass is 10.3. The molecule has 0 aliphatic heterocycles. The Balaban J connectivity index is 3.40. The maximum absolute atomic E-state index is 5.89. The molecule has 3 N–H and O–H groups in total. The highest BCUT2D eigenvalue weighted by Gasteiger charge is 2.09. The van der Waals surface area contributed by atoms with E-state index in [1.807, 2.05) is 13.1 Å². The Hall–Kier alpha value is 0.320. The smallest absolute Gasteiger partial charge is 0.0720 e. The lowest BCUT2D eigenvalue weighted by molar-refractivity contribution is 1.47. The summed E-state index contributed by atoms with van der Waals surface area (Å²) in [5.41, 5.74) is 7.35. The number of hydrogen-bond donors (Lipinski definition) is 2. The van der Waals surface area contributed by atoms with Crippen molar-refractivity contribution in [1.82, 2.24) is 0 Å². The summed E-state index contributed by atoms with van der Waals surface area (Å²) in [6.45, 7) is 0. The predicted octanol–water partition coefficient (Wildman–Crippen LogP) is 3.33. The predicted molar refractivity (Wildman–Crippen MR) is 65.8 cm³/mol. The molecule has 5 heteroatoms. The van der Waals surface area contributed by atoms with E-state index in [1.165, 1.54) is 0 Å². The fraction of sp³-hybridized carbons (Fsp3) is 0.143. The first-order valence-corrected chi connectivity index (χ1v) is 5.43. The molecule has 0 amide bonds. The Bertz CT molecular complexity index is 317. The van der Waals surface area contributed by atoms with Crippen LogP contribution >= 0.6 is 50.1 Å². The third kappa shape index (κ3) is 1.80. The maximum Gasteiger partial charge on any atom is 0.0720 e. The van der Waals surface area contributed by atoms with Crippen LogP contribution in [0.25, 0.3) is 0 Å². The zero-order chi connectivity index (χ0) is 9.30. The van der Waals surface area contributed by atoms with Gasteiger partial charge in [-0.3, -0.25) is 0 Å². The molecule has 66 valence electrons. The molecule has 0 saturated carbocycles. The van der Waals surface area contributed by atoms with E-state index in [-0.39, 0.29) is 0 Å². The van der Waals surface area contributed by atoms with Gasteiger partial charge in [0.15, 0.2) is 0 Å². The largest absolute Gasteiger partial charge is 0.396 e. The average molecular weight is 361 g/mol. The van der Waals surface area contributed by atoms with Crippen LogP contribution in [0.4, 0.5) is 11.4 Å². The first-order chi connectivity index (χ1) is 5.57. The minimum Gasteiger partial charge on any atom is -0.396 e. The van der Waals surface area contributed by atoms with E-state index >= 15 is 0 Å². The molecule has 1 aromatic carbocycles. The van der Waals surface area contributed by atoms with Gasteiger partial charge in [0.1, 0.15) is 0 Å². The van der Waals surface area contributed by atoms with E-state index in [1.54, 1.807) is 0 Å². The van der Waals surface area contributed by atoms with E-state index in [2.05, 4.69) is 43.8 Å². The zero-order valence-electron chi connectivity index (χ0n) is 6.29. The van der Waals surface area contributed by atoms with Gasteiger partial charge in [0.2, 0.25) is 0 Å². The Morgan fingerprint density at radius 3 is 2.75 bits per heavy atom. The second-order valence-corrected chi connectivity index (χ2v) is 4.56. The molecule has 0 aliphatic carbocycles. The molecule has 0 spiro atoms. The Kier molecular flexibility index (Phi) is 3.48. The van der Waals surface area contributed by atoms with E-state index in [0.717, 1.165) is 13.7 Å². The van der Waals surface area contributed by atoms with Gasteiger partial charge >= 0.3 is 0 Å². The molecule has 12 heavy (non-hydrogen) atoms. The lowest BCUT2D eigenvalue weighted by Gasteiger charge is -2.10. The number of anilines is 2. The normalized spacial score (nSPS) is 10.0. The number of rotatable bonds is 1. The Morgan fingerprint density at radius 1 is 1.67 bits per heavy atom. The van der Waals surface area contributed by atoms with Gasteiger partial charge < -0.3 is 11.1 Å². The van der Waals surface area contributed by atoms with Crippen molar-refractivity contribution in [3.63, 3.8) is 0 Å². The van der Waals surface area contributed by atoms with Crippen LogP contribution in [0.1, 0.15) is 0 Å². The van der Waals surface area contributed by atoms with Crippen molar-refractivity contribution >= 4 is 61.5 Å². The van der Waals surface area contributed by atoms with E-state index < -0.39 is 0 Å². The van der Waals surface area contributed by atoms with Crippen LogP contribution in [0.2, 0.25) is 5.02 Å². The highest BCUT2D eigenvalue weighted by Crippen LogP contribution is 2.37. The average Bonchev–Trinajstić information content (AvgIpc) is 2.01. The molecule has 0 saturated heterocycles. The van der Waals surface area contributed by atoms with Crippen molar-refractivity contribution in [2.45, 2.75) is 0 Å². The second kappa shape index (κ2) is 4.02. The van der Waals surface area contributed by atoms with E-state index in [9.17, 15) is 0 Å². The van der Waals surface area contributed by atoms with Crippen molar-refractivity contribution in [3.8, 4) is 0 Å². The number of nitrogens with one attached hydrogen (secondary N) is 1. The van der Waals surface area contributed by atoms with Crippen LogP contribution < -0.4 is 11.1 Å². The molecule has 1 rings (SSSR count). The third-order valence-corrected chi connectivity index (χ3v) is 3.69. The second-order valence-electron chi connectivity index (χ2n) is 2.19. The monoisotopic (exact) mass is 360 g/mol. The van der Waals surface area contributed by atoms with Crippen LogP contribution in [-0.2, 0) is 0 Å². The van der Waals surface area contributed by atoms with Gasteiger partial charge in [0.05, 0.1) is 20.9 Å². The summed E-state index contributed by atoms with van der Waals surface area (Å²) >= 11 is 11.4. The summed E-state index contributed by atoms with van der Waals surface area (Å²) in [6.07, 6.45) is 0. The number of nitrogens with two attached hydrogens (primary N) is 1. The minimum atomic E-state index is 0.635. The van der Waals surface area contributed by atoms with E-state index in [4.69, 9.17) is 17.3 Å². The molecular weight excluding hydrogens is 354 g/mol. The van der Waals surface area contributed by atoms with Gasteiger partial charge in [-0.2, -0.15) is 0 Å². The van der Waals surface area contributed by atoms with Crippen LogP contribution in [-0.4, -0.2) is 7.05 Å². The molecule has 0 aromatic heterocycles. The molecule has 0 fully saturated rings. The summed E-state index contributed by atoms with van der Waals surface area (Å²) in [5, 5.41) is 3.65. The number of nitrogen functional groups attached to an aromatic ring is 1. The molecule has 0 bridgehead atoms. The SMILES string of the molecule is CNc1c(I)cc(Cl)c(Br)c1N. The molecule has 0 aliphatic rings. The van der Waals surface area contributed by atoms with Crippen molar-refractivity contribution in [2.75, 3.05) is 18.1 Å². The van der Waals surface area contributed by atoms with Gasteiger partial charge in [0.25, 0.3) is 0 Å². The van der Waals surface area contributed by atoms with Gasteiger partial charge in [-0.1, -0.05) is 11.6 Å². The Morgan fingerprint density at radius 2 is 2.25 bits per heavy atom. The van der Waals surface area contributed by atoms with E-state index in [0.29, 0.717) is 10.7 Å². The highest BCUT2D eigenvalue weighted by molar-refractivity contribution is 14.1. The van der Waals surface area contributed by atoms with Crippen molar-refractivity contribution in [3.05, 3.63) is 19.1 Å². The fourth-order valence-electron chi connectivity index (χ4n) is 0.868. The number of halogens is 3. The summed E-state index contributed by atoms with van der Waals surface area (Å²) in [5.74, 6) is 0. The molecule has 0 radical (unpaired) electrons. The quantitative estimate of drug-likeness (QED) is 0.457. The fourth-order valence-corrected chi connectivity index (χ4v) is 2.45. The minimum absolute atomic E-state index is 0.635. The van der Waals surface area contributed by atoms with Crippen LogP contribution in [0, 0.1) is 3.57 Å². The van der Waals surface area contributed by atoms with Crippen LogP contribution in [0.15, 0.2) is 10.5 Å². The maximum atomic E-state index is 5.89. The third-order valence-electron chi connectivity index (χ3n) is 1.46. The van der Waals surface area contributed by atoms with Gasteiger partial charge in [-0.05, 0) is 44.6 Å². The summed E-state index contributed by atoms with van der Waals surface area (Å²) < 4.78 is 1.76. The van der Waals surface area contributed by atoms with Crippen molar-refractivity contribution < 1.29 is 0 Å². The van der Waals surface area contributed by atoms with Gasteiger partial charge in [-0.25, -0.2) is 0 Å². The number of benzene rings is 1. The van der Waals surface area contributed by atoms with Crippen molar-refractivity contribution in [2.24, 2.45) is 0 Å². The van der Waals surface area contributed by atoms with Crippen molar-refractivity contribution in [1.29, 1.82) is 0 Å². The molecule has 0 atom stereocenters. The highest BCUT2D eigenvalue weighted by atomic mass is 127. The Labute approximate surface area is 98.1 Å². The van der Waals surface area contributed by atoms with Gasteiger partial charge in [0, 0.05) is 10.6 Å². The molecule has 1 aromatic rings. The summed E-state index contributed by atoms with van der Waals surface area (Å²) in [6, 6.07) is 1.86. The molecular formula is C7H7BrClIN2. The zero-order valence-corrected chi connectivity index (χ0v) is 10.8. The molecule has 0 unspecified atom stereocenters. The van der Waals surface area contributed by atoms with Crippen LogP contribution in [0.5, 0.6) is 0 Å².